The van der Waals surface area contributed by atoms with Crippen molar-refractivity contribution in [2.75, 3.05) is 26.2 Å². The minimum absolute atomic E-state index is 0.192. The molecule has 8 aromatic rings. The molecule has 1 amide bonds. The number of amides is 1. The van der Waals surface area contributed by atoms with Crippen LogP contribution in [-0.4, -0.2) is 92.3 Å². The largest absolute Gasteiger partial charge is 0.444 e. The molecule has 2 unspecified atom stereocenters. The number of benzene rings is 2. The van der Waals surface area contributed by atoms with Gasteiger partial charge >= 0.3 is 6.09 Å². The second-order valence-electron chi connectivity index (χ2n) is 16.6. The fourth-order valence-electron chi connectivity index (χ4n) is 8.21. The van der Waals surface area contributed by atoms with Crippen LogP contribution in [0.5, 0.6) is 0 Å². The van der Waals surface area contributed by atoms with Crippen LogP contribution in [0.3, 0.4) is 0 Å². The third kappa shape index (κ3) is 8.28. The van der Waals surface area contributed by atoms with Crippen molar-refractivity contribution in [1.29, 1.82) is 0 Å². The molecule has 0 spiro atoms. The molecule has 2 aliphatic rings. The van der Waals surface area contributed by atoms with E-state index in [2.05, 4.69) is 80.2 Å². The quantitative estimate of drug-likeness (QED) is 0.170. The Morgan fingerprint density at radius 1 is 0.733 bits per heavy atom. The number of aromatic amines is 1. The molecule has 8 heterocycles. The first-order valence-corrected chi connectivity index (χ1v) is 20.7. The Balaban J connectivity index is 0.000000159. The van der Waals surface area contributed by atoms with E-state index in [0.717, 1.165) is 93.9 Å². The Morgan fingerprint density at radius 2 is 1.37 bits per heavy atom. The van der Waals surface area contributed by atoms with Gasteiger partial charge < -0.3 is 15.0 Å². The summed E-state index contributed by atoms with van der Waals surface area (Å²) in [6.07, 6.45) is 15.3. The number of rotatable bonds is 6. The van der Waals surface area contributed by atoms with E-state index in [1.165, 1.54) is 18.5 Å². The molecular formula is C46H50N12O2. The first-order valence-electron chi connectivity index (χ1n) is 20.7. The molecule has 60 heavy (non-hydrogen) atoms. The van der Waals surface area contributed by atoms with E-state index in [1.54, 1.807) is 29.7 Å². The molecular weight excluding hydrogens is 753 g/mol. The highest BCUT2D eigenvalue weighted by atomic mass is 16.6. The van der Waals surface area contributed by atoms with E-state index >= 15 is 0 Å². The minimum atomic E-state index is -0.494. The summed E-state index contributed by atoms with van der Waals surface area (Å²) >= 11 is 0. The summed E-state index contributed by atoms with van der Waals surface area (Å²) in [5.41, 5.74) is 9.71. The fourth-order valence-corrected chi connectivity index (χ4v) is 8.21. The summed E-state index contributed by atoms with van der Waals surface area (Å²) in [4.78, 5) is 22.6. The molecule has 6 aromatic heterocycles. The van der Waals surface area contributed by atoms with Gasteiger partial charge in [-0.25, -0.2) is 14.2 Å². The lowest BCUT2D eigenvalue weighted by Gasteiger charge is -2.33. The number of carbonyl (C=O) groups excluding carboxylic acids is 1. The average molecular weight is 803 g/mol. The zero-order valence-corrected chi connectivity index (χ0v) is 34.5. The van der Waals surface area contributed by atoms with Crippen LogP contribution in [0.2, 0.25) is 0 Å². The van der Waals surface area contributed by atoms with E-state index < -0.39 is 5.60 Å². The SMILES string of the molecule is Cn1nc(-c2ccncc2)c2cc(-n3ccc(C4CCCN(C(=O)OC(C)(C)C)C4)n3)ccc21.c1cc(-c2n[nH]c3ccc(-n4ccc(C5CCCNC5)n4)cc23)ccn1. The molecule has 2 N–H and O–H groups in total. The van der Waals surface area contributed by atoms with Gasteiger partial charge in [-0.3, -0.25) is 19.7 Å². The number of aryl methyl sites for hydroxylation is 1. The van der Waals surface area contributed by atoms with Crippen molar-refractivity contribution in [3.63, 3.8) is 0 Å². The summed E-state index contributed by atoms with van der Waals surface area (Å²) in [6, 6.07) is 24.6. The van der Waals surface area contributed by atoms with Gasteiger partial charge in [0.15, 0.2) is 0 Å². The van der Waals surface area contributed by atoms with E-state index in [9.17, 15) is 4.79 Å². The number of aromatic nitrogens is 10. The molecule has 2 atom stereocenters. The zero-order valence-electron chi connectivity index (χ0n) is 34.5. The summed E-state index contributed by atoms with van der Waals surface area (Å²) in [5, 5.41) is 27.7. The van der Waals surface area contributed by atoms with Crippen LogP contribution in [-0.2, 0) is 11.8 Å². The number of hydrogen-bond donors (Lipinski definition) is 2. The maximum Gasteiger partial charge on any atom is 0.410 e. The number of nitrogens with one attached hydrogen (secondary N) is 2. The highest BCUT2D eigenvalue weighted by molar-refractivity contribution is 5.95. The summed E-state index contributed by atoms with van der Waals surface area (Å²) in [5.74, 6) is 0.701. The summed E-state index contributed by atoms with van der Waals surface area (Å²) < 4.78 is 11.3. The van der Waals surface area contributed by atoms with Crippen molar-refractivity contribution in [3.05, 3.63) is 121 Å². The average Bonchev–Trinajstić information content (AvgIpc) is 4.11. The monoisotopic (exact) mass is 802 g/mol. The van der Waals surface area contributed by atoms with Gasteiger partial charge in [-0.2, -0.15) is 20.4 Å². The van der Waals surface area contributed by atoms with Crippen molar-refractivity contribution in [1.82, 2.24) is 59.7 Å². The van der Waals surface area contributed by atoms with E-state index in [-0.39, 0.29) is 12.0 Å². The van der Waals surface area contributed by atoms with Crippen LogP contribution < -0.4 is 5.32 Å². The third-order valence-electron chi connectivity index (χ3n) is 11.2. The second kappa shape index (κ2) is 16.5. The van der Waals surface area contributed by atoms with E-state index in [4.69, 9.17) is 20.0 Å². The van der Waals surface area contributed by atoms with E-state index in [0.29, 0.717) is 12.5 Å². The molecule has 14 nitrogen and oxygen atoms in total. The molecule has 0 aliphatic carbocycles. The highest BCUT2D eigenvalue weighted by Crippen LogP contribution is 2.32. The van der Waals surface area contributed by atoms with Gasteiger partial charge in [0, 0.05) is 97.6 Å². The Bertz CT molecular complexity index is 2720. The van der Waals surface area contributed by atoms with Crippen LogP contribution in [0.15, 0.2) is 110 Å². The molecule has 2 aromatic carbocycles. The lowest BCUT2D eigenvalue weighted by molar-refractivity contribution is 0.0197. The third-order valence-corrected chi connectivity index (χ3v) is 11.2. The predicted molar refractivity (Wildman–Crippen MR) is 232 cm³/mol. The lowest BCUT2D eigenvalue weighted by atomic mass is 9.95. The first-order chi connectivity index (χ1) is 29.2. The van der Waals surface area contributed by atoms with Crippen molar-refractivity contribution in [2.45, 2.75) is 63.9 Å². The molecule has 0 saturated carbocycles. The standard InChI is InChI=1S/C26H30N6O2.C20H20N6/c1-26(2,3)34-25(33)31-14-5-6-19(17-31)22-11-15-32(28-22)20-7-8-23-21(16-20)24(29-30(23)4)18-9-12-27-13-10-18;1-2-15(13-22-8-1)18-7-11-26(25-18)16-3-4-19-17(12-16)20(24-23-19)14-5-9-21-10-6-14/h7-13,15-16,19H,5-6,14,17H2,1-4H3;3-7,9-12,15,22H,1-2,8,13H2,(H,23,24). The number of H-pyrrole nitrogens is 1. The minimum Gasteiger partial charge on any atom is -0.444 e. The van der Waals surface area contributed by atoms with Gasteiger partial charge in [0.25, 0.3) is 0 Å². The van der Waals surface area contributed by atoms with Crippen LogP contribution in [0.4, 0.5) is 4.79 Å². The molecule has 2 aliphatic heterocycles. The smallest absolute Gasteiger partial charge is 0.410 e. The maximum absolute atomic E-state index is 12.6. The normalized spacial score (nSPS) is 17.1. The van der Waals surface area contributed by atoms with Crippen LogP contribution in [0.1, 0.15) is 69.7 Å². The Hall–Kier alpha value is -6.67. The zero-order chi connectivity index (χ0) is 41.2. The van der Waals surface area contributed by atoms with Crippen molar-refractivity contribution in [3.8, 4) is 33.9 Å². The van der Waals surface area contributed by atoms with Crippen molar-refractivity contribution >= 4 is 27.9 Å². The molecule has 2 saturated heterocycles. The van der Waals surface area contributed by atoms with Gasteiger partial charge in [0.05, 0.1) is 33.8 Å². The first kappa shape index (κ1) is 38.8. The van der Waals surface area contributed by atoms with Crippen molar-refractivity contribution < 1.29 is 9.53 Å². The topological polar surface area (TPSA) is 149 Å². The molecule has 2 fully saturated rings. The Labute approximate surface area is 348 Å². The summed E-state index contributed by atoms with van der Waals surface area (Å²) in [7, 11) is 1.96. The van der Waals surface area contributed by atoms with Crippen molar-refractivity contribution in [2.24, 2.45) is 7.05 Å². The number of fused-ring (bicyclic) bond motifs is 2. The number of hydrogen-bond acceptors (Lipinski definition) is 9. The number of ether oxygens (including phenoxy) is 1. The number of nitrogens with zero attached hydrogens (tertiary/aromatic N) is 10. The van der Waals surface area contributed by atoms with Gasteiger partial charge in [-0.1, -0.05) is 0 Å². The Morgan fingerprint density at radius 3 is 2.03 bits per heavy atom. The van der Waals surface area contributed by atoms with Gasteiger partial charge in [0.1, 0.15) is 17.0 Å². The maximum atomic E-state index is 12.6. The molecule has 0 bridgehead atoms. The van der Waals surface area contributed by atoms with Gasteiger partial charge in [-0.05, 0) is 126 Å². The molecule has 0 radical (unpaired) electrons. The van der Waals surface area contributed by atoms with Gasteiger partial charge in [-0.15, -0.1) is 0 Å². The van der Waals surface area contributed by atoms with Gasteiger partial charge in [0.2, 0.25) is 0 Å². The number of piperidine rings is 2. The van der Waals surface area contributed by atoms with Crippen LogP contribution in [0.25, 0.3) is 55.7 Å². The highest BCUT2D eigenvalue weighted by Gasteiger charge is 2.29. The number of likely N-dealkylation sites (tertiary alicyclic amines) is 1. The predicted octanol–water partition coefficient (Wildman–Crippen LogP) is 8.21. The number of carbonyl (C=O) groups is 1. The van der Waals surface area contributed by atoms with Crippen LogP contribution in [0, 0.1) is 0 Å². The second-order valence-corrected chi connectivity index (χ2v) is 16.6. The Kier molecular flexibility index (Phi) is 10.7. The molecule has 306 valence electrons. The molecule has 10 rings (SSSR count). The van der Waals surface area contributed by atoms with Crippen LogP contribution >= 0.6 is 0 Å². The molecule has 14 heteroatoms. The lowest BCUT2D eigenvalue weighted by Crippen LogP contribution is -2.42. The fraction of sp³-hybridized carbons (Fsp3) is 0.326. The van der Waals surface area contributed by atoms with E-state index in [1.807, 2.05) is 72.3 Å². The summed E-state index contributed by atoms with van der Waals surface area (Å²) in [6.45, 7) is 9.17. The number of pyridine rings is 2.